The van der Waals surface area contributed by atoms with E-state index < -0.39 is 0 Å². The van der Waals surface area contributed by atoms with Crippen LogP contribution >= 0.6 is 11.8 Å². The SMILES string of the molecule is CCOC(=O)c1ccc(-n2c(C)cc(/C=C3\SC(=Nc4ccccc4)N(c4ccccc4)C3=O)c2C)cc1. The summed E-state index contributed by atoms with van der Waals surface area (Å²) in [5.74, 6) is -0.447. The van der Waals surface area contributed by atoms with Crippen molar-refractivity contribution in [3.63, 3.8) is 0 Å². The molecule has 2 heterocycles. The number of aliphatic imine (C=N–C) groups is 1. The molecule has 4 aromatic rings. The molecule has 1 fully saturated rings. The van der Waals surface area contributed by atoms with Gasteiger partial charge in [-0.25, -0.2) is 9.79 Å². The Hall–Kier alpha value is -4.36. The second-order valence-corrected chi connectivity index (χ2v) is 9.76. The number of anilines is 1. The van der Waals surface area contributed by atoms with Crippen LogP contribution in [0.3, 0.4) is 0 Å². The summed E-state index contributed by atoms with van der Waals surface area (Å²) in [4.78, 5) is 32.7. The van der Waals surface area contributed by atoms with E-state index in [1.165, 1.54) is 11.8 Å². The smallest absolute Gasteiger partial charge is 0.338 e. The van der Waals surface area contributed by atoms with E-state index in [0.717, 1.165) is 34.0 Å². The summed E-state index contributed by atoms with van der Waals surface area (Å²) >= 11 is 1.37. The van der Waals surface area contributed by atoms with Gasteiger partial charge in [0.15, 0.2) is 5.17 Å². The van der Waals surface area contributed by atoms with Gasteiger partial charge in [-0.2, -0.15) is 0 Å². The van der Waals surface area contributed by atoms with Crippen LogP contribution in [0, 0.1) is 13.8 Å². The van der Waals surface area contributed by atoms with Crippen LogP contribution in [0.1, 0.15) is 34.2 Å². The van der Waals surface area contributed by atoms with Gasteiger partial charge in [-0.3, -0.25) is 9.69 Å². The Morgan fingerprint density at radius 3 is 2.24 bits per heavy atom. The third-order valence-electron chi connectivity index (χ3n) is 6.20. The number of hydrogen-bond donors (Lipinski definition) is 0. The van der Waals surface area contributed by atoms with Crippen LogP contribution in [0.25, 0.3) is 11.8 Å². The van der Waals surface area contributed by atoms with Crippen molar-refractivity contribution in [3.05, 3.63) is 118 Å². The van der Waals surface area contributed by atoms with Gasteiger partial charge in [0, 0.05) is 17.1 Å². The van der Waals surface area contributed by atoms with Crippen molar-refractivity contribution < 1.29 is 14.3 Å². The molecule has 0 N–H and O–H groups in total. The van der Waals surface area contributed by atoms with Crippen LogP contribution in [0.2, 0.25) is 0 Å². The van der Waals surface area contributed by atoms with E-state index in [2.05, 4.69) is 10.6 Å². The Morgan fingerprint density at radius 2 is 1.58 bits per heavy atom. The number of benzene rings is 3. The molecule has 1 aliphatic rings. The molecule has 1 amide bonds. The molecular weight excluding hydrogens is 494 g/mol. The van der Waals surface area contributed by atoms with Crippen LogP contribution in [-0.4, -0.2) is 28.2 Å². The van der Waals surface area contributed by atoms with Crippen molar-refractivity contribution in [1.29, 1.82) is 0 Å². The predicted molar refractivity (Wildman–Crippen MR) is 154 cm³/mol. The zero-order valence-corrected chi connectivity index (χ0v) is 22.2. The minimum absolute atomic E-state index is 0.112. The quantitative estimate of drug-likeness (QED) is 0.201. The maximum absolute atomic E-state index is 13.6. The monoisotopic (exact) mass is 521 g/mol. The fraction of sp³-hybridized carbons (Fsp3) is 0.129. The summed E-state index contributed by atoms with van der Waals surface area (Å²) < 4.78 is 7.21. The fourth-order valence-corrected chi connectivity index (χ4v) is 5.39. The molecule has 1 aromatic heterocycles. The topological polar surface area (TPSA) is 63.9 Å². The number of esters is 1. The highest BCUT2D eigenvalue weighted by molar-refractivity contribution is 8.19. The number of ether oxygens (including phenoxy) is 1. The number of hydrogen-bond acceptors (Lipinski definition) is 5. The van der Waals surface area contributed by atoms with Crippen LogP contribution in [0.4, 0.5) is 11.4 Å². The molecular formula is C31H27N3O3S. The number of amidine groups is 1. The standard InChI is InChI=1S/C31H27N3O3S/c1-4-37-30(36)23-15-17-27(18-16-23)33-21(2)19-24(22(33)3)20-28-29(35)34(26-13-9-6-10-14-26)31(38-28)32-25-11-7-5-8-12-25/h5-20H,4H2,1-3H3/b28-20-,32-31?. The van der Waals surface area contributed by atoms with Crippen molar-refractivity contribution in [2.45, 2.75) is 20.8 Å². The summed E-state index contributed by atoms with van der Waals surface area (Å²) in [5, 5.41) is 0.613. The van der Waals surface area contributed by atoms with Crippen LogP contribution < -0.4 is 4.90 Å². The molecule has 0 spiro atoms. The van der Waals surface area contributed by atoms with Crippen molar-refractivity contribution in [2.24, 2.45) is 4.99 Å². The predicted octanol–water partition coefficient (Wildman–Crippen LogP) is 7.08. The number of nitrogens with zero attached hydrogens (tertiary/aromatic N) is 3. The number of para-hydroxylation sites is 2. The lowest BCUT2D eigenvalue weighted by Gasteiger charge is -2.15. The average molecular weight is 522 g/mol. The first-order valence-corrected chi connectivity index (χ1v) is 13.2. The summed E-state index contributed by atoms with van der Waals surface area (Å²) in [6.07, 6.45) is 1.93. The van der Waals surface area contributed by atoms with E-state index in [9.17, 15) is 9.59 Å². The number of aryl methyl sites for hydroxylation is 1. The van der Waals surface area contributed by atoms with Gasteiger partial charge in [-0.1, -0.05) is 36.4 Å². The summed E-state index contributed by atoms with van der Waals surface area (Å²) in [6.45, 7) is 6.18. The molecule has 1 aliphatic heterocycles. The minimum atomic E-state index is -0.335. The minimum Gasteiger partial charge on any atom is -0.462 e. The first-order chi connectivity index (χ1) is 18.5. The van der Waals surface area contributed by atoms with Crippen molar-refractivity contribution >= 4 is 46.3 Å². The largest absolute Gasteiger partial charge is 0.462 e. The molecule has 1 saturated heterocycles. The average Bonchev–Trinajstić information content (AvgIpc) is 3.39. The van der Waals surface area contributed by atoms with Crippen LogP contribution in [-0.2, 0) is 9.53 Å². The van der Waals surface area contributed by atoms with Gasteiger partial charge in [0.1, 0.15) is 0 Å². The number of amides is 1. The molecule has 3 aromatic carbocycles. The Kier molecular flexibility index (Phi) is 7.29. The van der Waals surface area contributed by atoms with Crippen molar-refractivity contribution in [1.82, 2.24) is 4.57 Å². The Balaban J connectivity index is 1.50. The molecule has 0 aliphatic carbocycles. The zero-order chi connectivity index (χ0) is 26.6. The fourth-order valence-electron chi connectivity index (χ4n) is 4.40. The third-order valence-corrected chi connectivity index (χ3v) is 7.16. The maximum atomic E-state index is 13.6. The van der Waals surface area contributed by atoms with E-state index in [4.69, 9.17) is 9.73 Å². The van der Waals surface area contributed by atoms with E-state index in [-0.39, 0.29) is 11.9 Å². The highest BCUT2D eigenvalue weighted by atomic mass is 32.2. The Bertz CT molecular complexity index is 1540. The van der Waals surface area contributed by atoms with Crippen molar-refractivity contribution in [2.75, 3.05) is 11.5 Å². The maximum Gasteiger partial charge on any atom is 0.338 e. The summed E-state index contributed by atoms with van der Waals surface area (Å²) in [5.41, 5.74) is 5.96. The zero-order valence-electron chi connectivity index (χ0n) is 21.4. The molecule has 0 saturated carbocycles. The lowest BCUT2D eigenvalue weighted by atomic mass is 10.2. The first kappa shape index (κ1) is 25.3. The lowest BCUT2D eigenvalue weighted by Crippen LogP contribution is -2.28. The number of carbonyl (C=O) groups excluding carboxylic acids is 2. The van der Waals surface area contributed by atoms with Gasteiger partial charge in [-0.15, -0.1) is 0 Å². The van der Waals surface area contributed by atoms with Crippen LogP contribution in [0.5, 0.6) is 0 Å². The van der Waals surface area contributed by atoms with Gasteiger partial charge in [0.2, 0.25) is 0 Å². The summed E-state index contributed by atoms with van der Waals surface area (Å²) in [7, 11) is 0. The number of carbonyl (C=O) groups is 2. The van der Waals surface area contributed by atoms with E-state index >= 15 is 0 Å². The Morgan fingerprint density at radius 1 is 0.921 bits per heavy atom. The van der Waals surface area contributed by atoms with E-state index in [0.29, 0.717) is 22.2 Å². The summed E-state index contributed by atoms with van der Waals surface area (Å²) in [6, 6.07) is 28.6. The molecule has 7 heteroatoms. The van der Waals surface area contributed by atoms with E-state index in [1.54, 1.807) is 24.0 Å². The molecule has 0 radical (unpaired) electrons. The first-order valence-electron chi connectivity index (χ1n) is 12.4. The second-order valence-electron chi connectivity index (χ2n) is 8.75. The Labute approximate surface area is 226 Å². The van der Waals surface area contributed by atoms with Gasteiger partial charge in [0.25, 0.3) is 5.91 Å². The molecule has 5 rings (SSSR count). The van der Waals surface area contributed by atoms with Gasteiger partial charge < -0.3 is 9.30 Å². The van der Waals surface area contributed by atoms with Gasteiger partial charge >= 0.3 is 5.97 Å². The van der Waals surface area contributed by atoms with Gasteiger partial charge in [-0.05, 0) is 98.8 Å². The van der Waals surface area contributed by atoms with Crippen LogP contribution in [0.15, 0.2) is 101 Å². The third kappa shape index (κ3) is 5.06. The van der Waals surface area contributed by atoms with Crippen molar-refractivity contribution in [3.8, 4) is 5.69 Å². The molecule has 0 bridgehead atoms. The second kappa shape index (κ2) is 10.9. The molecule has 6 nitrogen and oxygen atoms in total. The molecule has 38 heavy (non-hydrogen) atoms. The number of rotatable bonds is 6. The highest BCUT2D eigenvalue weighted by Crippen LogP contribution is 2.38. The van der Waals surface area contributed by atoms with E-state index in [1.807, 2.05) is 92.7 Å². The number of aromatic nitrogens is 1. The molecule has 190 valence electrons. The highest BCUT2D eigenvalue weighted by Gasteiger charge is 2.35. The van der Waals surface area contributed by atoms with Gasteiger partial charge in [0.05, 0.1) is 28.5 Å². The molecule has 0 atom stereocenters. The number of thioether (sulfide) groups is 1. The normalized spacial score (nSPS) is 15.4. The lowest BCUT2D eigenvalue weighted by molar-refractivity contribution is -0.113. The molecule has 0 unspecified atom stereocenters.